The van der Waals surface area contributed by atoms with Crippen molar-refractivity contribution in [2.75, 3.05) is 23.8 Å². The van der Waals surface area contributed by atoms with Gasteiger partial charge in [0, 0.05) is 28.0 Å². The Morgan fingerprint density at radius 2 is 1.71 bits per heavy atom. The topological polar surface area (TPSA) is 89.7 Å². The van der Waals surface area contributed by atoms with Crippen molar-refractivity contribution in [3.63, 3.8) is 0 Å². The Morgan fingerprint density at radius 3 is 2.32 bits per heavy atom. The lowest BCUT2D eigenvalue weighted by atomic mass is 10.2. The summed E-state index contributed by atoms with van der Waals surface area (Å²) in [6, 6.07) is 12.6. The number of nitrogens with two attached hydrogens (primary N) is 1. The summed E-state index contributed by atoms with van der Waals surface area (Å²) in [6.07, 6.45) is -0.0729. The Balaban J connectivity index is 1.90. The zero-order valence-corrected chi connectivity index (χ0v) is 17.2. The van der Waals surface area contributed by atoms with E-state index in [-0.39, 0.29) is 18.7 Å². The summed E-state index contributed by atoms with van der Waals surface area (Å²) in [6.45, 7) is -0.485. The number of ether oxygens (including phenoxy) is 1. The van der Waals surface area contributed by atoms with E-state index in [0.29, 0.717) is 5.69 Å². The first kappa shape index (κ1) is 21.9. The number of rotatable bonds is 9. The number of carbonyl (C=O) groups is 3. The highest BCUT2D eigenvalue weighted by Gasteiger charge is 2.18. The Hall–Kier alpha value is -2.39. The van der Waals surface area contributed by atoms with Crippen LogP contribution < -0.4 is 10.6 Å². The standard InChI is InChI=1S/C19H18BrFN2O4S/c20-13-1-7-16(8-2-13)28-12-19(26)27-11-18(25)23(10-9-17(22)24)15-5-3-14(21)4-6-15/h1-8H,9-12H2,(H2,22,24). The van der Waals surface area contributed by atoms with E-state index in [0.717, 1.165) is 9.37 Å². The van der Waals surface area contributed by atoms with Crippen LogP contribution in [-0.4, -0.2) is 36.7 Å². The van der Waals surface area contributed by atoms with E-state index in [2.05, 4.69) is 15.9 Å². The van der Waals surface area contributed by atoms with Crippen molar-refractivity contribution in [2.24, 2.45) is 5.73 Å². The third kappa shape index (κ3) is 7.32. The summed E-state index contributed by atoms with van der Waals surface area (Å²) in [7, 11) is 0. The maximum Gasteiger partial charge on any atom is 0.316 e. The second kappa shape index (κ2) is 10.8. The van der Waals surface area contributed by atoms with E-state index in [9.17, 15) is 18.8 Å². The van der Waals surface area contributed by atoms with Gasteiger partial charge in [0.1, 0.15) is 5.82 Å². The normalized spacial score (nSPS) is 10.4. The van der Waals surface area contributed by atoms with Gasteiger partial charge in [0.15, 0.2) is 6.61 Å². The smallest absolute Gasteiger partial charge is 0.316 e. The van der Waals surface area contributed by atoms with Crippen LogP contribution in [0.15, 0.2) is 57.9 Å². The van der Waals surface area contributed by atoms with Crippen LogP contribution in [0.3, 0.4) is 0 Å². The van der Waals surface area contributed by atoms with E-state index in [1.807, 2.05) is 24.3 Å². The van der Waals surface area contributed by atoms with Crippen LogP contribution in [0.4, 0.5) is 10.1 Å². The van der Waals surface area contributed by atoms with E-state index in [4.69, 9.17) is 10.5 Å². The minimum absolute atomic E-state index is 0.00495. The molecule has 2 rings (SSSR count). The Kier molecular flexibility index (Phi) is 8.46. The number of esters is 1. The number of carbonyl (C=O) groups excluding carboxylic acids is 3. The lowest BCUT2D eigenvalue weighted by molar-refractivity contribution is -0.145. The van der Waals surface area contributed by atoms with Crippen molar-refractivity contribution < 1.29 is 23.5 Å². The summed E-state index contributed by atoms with van der Waals surface area (Å²) in [5.41, 5.74) is 5.52. The number of thioether (sulfide) groups is 1. The number of hydrogen-bond acceptors (Lipinski definition) is 5. The predicted molar refractivity (Wildman–Crippen MR) is 108 cm³/mol. The van der Waals surface area contributed by atoms with E-state index in [1.165, 1.54) is 40.9 Å². The van der Waals surface area contributed by atoms with Gasteiger partial charge in [-0.25, -0.2) is 4.39 Å². The Labute approximate surface area is 174 Å². The van der Waals surface area contributed by atoms with Crippen molar-refractivity contribution in [3.8, 4) is 0 Å². The molecule has 0 fully saturated rings. The monoisotopic (exact) mass is 468 g/mol. The van der Waals surface area contributed by atoms with Gasteiger partial charge in [-0.3, -0.25) is 14.4 Å². The molecule has 0 saturated carbocycles. The van der Waals surface area contributed by atoms with Crippen LogP contribution in [0.25, 0.3) is 0 Å². The fourth-order valence-electron chi connectivity index (χ4n) is 2.18. The summed E-state index contributed by atoms with van der Waals surface area (Å²) in [4.78, 5) is 37.5. The van der Waals surface area contributed by atoms with Crippen molar-refractivity contribution in [3.05, 3.63) is 58.8 Å². The maximum atomic E-state index is 13.1. The average molecular weight is 469 g/mol. The highest BCUT2D eigenvalue weighted by atomic mass is 79.9. The molecule has 6 nitrogen and oxygen atoms in total. The van der Waals surface area contributed by atoms with Crippen molar-refractivity contribution >= 4 is 51.2 Å². The van der Waals surface area contributed by atoms with Gasteiger partial charge in [0.2, 0.25) is 5.91 Å². The van der Waals surface area contributed by atoms with Crippen molar-refractivity contribution in [1.82, 2.24) is 0 Å². The third-order valence-electron chi connectivity index (χ3n) is 3.55. The molecule has 0 aliphatic heterocycles. The van der Waals surface area contributed by atoms with Crippen molar-refractivity contribution in [1.29, 1.82) is 0 Å². The fourth-order valence-corrected chi connectivity index (χ4v) is 3.14. The molecule has 0 aliphatic rings. The number of halogens is 2. The second-order valence-electron chi connectivity index (χ2n) is 5.64. The molecule has 0 aliphatic carbocycles. The zero-order valence-electron chi connectivity index (χ0n) is 14.8. The van der Waals surface area contributed by atoms with E-state index < -0.39 is 30.2 Å². The molecule has 2 aromatic rings. The van der Waals surface area contributed by atoms with Crippen LogP contribution in [0.1, 0.15) is 6.42 Å². The third-order valence-corrected chi connectivity index (χ3v) is 5.06. The molecule has 2 amide bonds. The molecule has 0 heterocycles. The molecule has 0 radical (unpaired) electrons. The first-order valence-corrected chi connectivity index (χ1v) is 10.0. The molecular formula is C19H18BrFN2O4S. The van der Waals surface area contributed by atoms with Gasteiger partial charge in [0.25, 0.3) is 5.91 Å². The van der Waals surface area contributed by atoms with E-state index >= 15 is 0 Å². The van der Waals surface area contributed by atoms with Gasteiger partial charge in [-0.05, 0) is 48.5 Å². The molecule has 0 atom stereocenters. The lowest BCUT2D eigenvalue weighted by Crippen LogP contribution is -2.37. The average Bonchev–Trinajstić information content (AvgIpc) is 2.67. The highest BCUT2D eigenvalue weighted by Crippen LogP contribution is 2.21. The second-order valence-corrected chi connectivity index (χ2v) is 7.61. The van der Waals surface area contributed by atoms with Gasteiger partial charge < -0.3 is 15.4 Å². The van der Waals surface area contributed by atoms with E-state index in [1.54, 1.807) is 0 Å². The molecule has 0 spiro atoms. The first-order chi connectivity index (χ1) is 13.3. The molecule has 148 valence electrons. The molecule has 0 bridgehead atoms. The minimum atomic E-state index is -0.581. The molecule has 9 heteroatoms. The number of primary amides is 1. The van der Waals surface area contributed by atoms with Crippen LogP contribution in [0, 0.1) is 5.82 Å². The number of anilines is 1. The highest BCUT2D eigenvalue weighted by molar-refractivity contribution is 9.10. The van der Waals surface area contributed by atoms with Crippen LogP contribution in [0.2, 0.25) is 0 Å². The molecule has 28 heavy (non-hydrogen) atoms. The van der Waals surface area contributed by atoms with Crippen LogP contribution >= 0.6 is 27.7 Å². The van der Waals surface area contributed by atoms with Crippen molar-refractivity contribution in [2.45, 2.75) is 11.3 Å². The Morgan fingerprint density at radius 1 is 1.07 bits per heavy atom. The van der Waals surface area contributed by atoms with Gasteiger partial charge in [-0.1, -0.05) is 15.9 Å². The summed E-state index contributed by atoms with van der Waals surface area (Å²) < 4.78 is 19.1. The summed E-state index contributed by atoms with van der Waals surface area (Å²) >= 11 is 4.62. The fraction of sp³-hybridized carbons (Fsp3) is 0.211. The SMILES string of the molecule is NC(=O)CCN(C(=O)COC(=O)CSc1ccc(Br)cc1)c1ccc(F)cc1. The minimum Gasteiger partial charge on any atom is -0.455 e. The zero-order chi connectivity index (χ0) is 20.5. The molecule has 0 unspecified atom stereocenters. The van der Waals surface area contributed by atoms with Gasteiger partial charge in [0.05, 0.1) is 5.75 Å². The molecule has 0 aromatic heterocycles. The molecule has 2 N–H and O–H groups in total. The molecule has 2 aromatic carbocycles. The predicted octanol–water partition coefficient (Wildman–Crippen LogP) is 3.13. The quantitative estimate of drug-likeness (QED) is 0.450. The lowest BCUT2D eigenvalue weighted by Gasteiger charge is -2.22. The van der Waals surface area contributed by atoms with Gasteiger partial charge >= 0.3 is 5.97 Å². The molecule has 0 saturated heterocycles. The molecular weight excluding hydrogens is 451 g/mol. The Bertz CT molecular complexity index is 831. The summed E-state index contributed by atoms with van der Waals surface area (Å²) in [5, 5.41) is 0. The number of amides is 2. The van der Waals surface area contributed by atoms with Crippen LogP contribution in [0.5, 0.6) is 0 Å². The van der Waals surface area contributed by atoms with Gasteiger partial charge in [-0.2, -0.15) is 0 Å². The maximum absolute atomic E-state index is 13.1. The number of hydrogen-bond donors (Lipinski definition) is 1. The summed E-state index contributed by atoms with van der Waals surface area (Å²) in [5.74, 6) is -2.07. The van der Waals surface area contributed by atoms with Gasteiger partial charge in [-0.15, -0.1) is 11.8 Å². The number of nitrogens with zero attached hydrogens (tertiary/aromatic N) is 1. The largest absolute Gasteiger partial charge is 0.455 e. The number of benzene rings is 2. The first-order valence-electron chi connectivity index (χ1n) is 8.23. The van der Waals surface area contributed by atoms with Crippen LogP contribution in [-0.2, 0) is 19.1 Å².